The quantitative estimate of drug-likeness (QED) is 0.642. The predicted octanol–water partition coefficient (Wildman–Crippen LogP) is 1.10. The maximum Gasteiger partial charge on any atom is 0.266 e. The number of nitrogens with two attached hydrogens (primary N) is 1. The Labute approximate surface area is 102 Å². The normalized spacial score (nSPS) is 10.7. The first-order valence-corrected chi connectivity index (χ1v) is 5.29. The minimum Gasteiger partial charge on any atom is -0.398 e. The highest BCUT2D eigenvalue weighted by Gasteiger charge is 2.15. The zero-order chi connectivity index (χ0) is 12.5. The summed E-state index contributed by atoms with van der Waals surface area (Å²) in [5, 5.41) is 0. The summed E-state index contributed by atoms with van der Waals surface area (Å²) in [6, 6.07) is 6.89. The SMILES string of the molecule is Nc1ccccc1C(=O)n1cnc2cncnc21. The largest absolute Gasteiger partial charge is 0.398 e. The molecule has 0 amide bonds. The zero-order valence-electron chi connectivity index (χ0n) is 9.32. The molecular weight excluding hydrogens is 230 g/mol. The average Bonchev–Trinajstić information content (AvgIpc) is 2.82. The molecule has 0 atom stereocenters. The minimum atomic E-state index is -0.255. The first-order chi connectivity index (χ1) is 8.77. The van der Waals surface area contributed by atoms with Crippen LogP contribution in [0.15, 0.2) is 43.1 Å². The molecule has 6 nitrogen and oxygen atoms in total. The highest BCUT2D eigenvalue weighted by molar-refractivity contribution is 6.03. The van der Waals surface area contributed by atoms with Gasteiger partial charge < -0.3 is 5.73 Å². The standard InChI is InChI=1S/C12H9N5O/c13-9-4-2-1-3-8(9)12(18)17-7-16-10-5-14-6-15-11(10)17/h1-7H,13H2. The Balaban J connectivity index is 2.16. The van der Waals surface area contributed by atoms with E-state index in [-0.39, 0.29) is 5.91 Å². The number of carbonyl (C=O) groups excluding carboxylic acids is 1. The van der Waals surface area contributed by atoms with E-state index >= 15 is 0 Å². The van der Waals surface area contributed by atoms with Crippen LogP contribution < -0.4 is 5.73 Å². The first-order valence-electron chi connectivity index (χ1n) is 5.29. The molecule has 88 valence electrons. The molecule has 1 aromatic carbocycles. The summed E-state index contributed by atoms with van der Waals surface area (Å²) < 4.78 is 1.36. The highest BCUT2D eigenvalue weighted by Crippen LogP contribution is 2.15. The lowest BCUT2D eigenvalue weighted by molar-refractivity contribution is 0.0964. The van der Waals surface area contributed by atoms with Gasteiger partial charge in [0.25, 0.3) is 5.91 Å². The number of nitrogens with zero attached hydrogens (tertiary/aromatic N) is 4. The fourth-order valence-corrected chi connectivity index (χ4v) is 1.74. The van der Waals surface area contributed by atoms with Gasteiger partial charge in [-0.25, -0.2) is 19.5 Å². The van der Waals surface area contributed by atoms with Crippen LogP contribution in [-0.4, -0.2) is 25.4 Å². The number of fused-ring (bicyclic) bond motifs is 1. The van der Waals surface area contributed by atoms with Crippen molar-refractivity contribution < 1.29 is 4.79 Å². The summed E-state index contributed by atoms with van der Waals surface area (Å²) in [5.41, 5.74) is 7.68. The number of imidazole rings is 1. The van der Waals surface area contributed by atoms with Crippen molar-refractivity contribution in [2.45, 2.75) is 0 Å². The van der Waals surface area contributed by atoms with Gasteiger partial charge in [-0.05, 0) is 12.1 Å². The average molecular weight is 239 g/mol. The van der Waals surface area contributed by atoms with E-state index in [2.05, 4.69) is 15.0 Å². The van der Waals surface area contributed by atoms with Crippen molar-refractivity contribution in [2.75, 3.05) is 5.73 Å². The molecule has 0 aliphatic rings. The molecule has 18 heavy (non-hydrogen) atoms. The number of para-hydroxylation sites is 1. The molecule has 0 spiro atoms. The molecule has 0 aliphatic heterocycles. The van der Waals surface area contributed by atoms with Crippen LogP contribution in [0, 0.1) is 0 Å². The Bertz CT molecular complexity index is 734. The van der Waals surface area contributed by atoms with E-state index in [0.29, 0.717) is 22.4 Å². The van der Waals surface area contributed by atoms with Gasteiger partial charge in [0, 0.05) is 5.69 Å². The molecule has 2 aromatic heterocycles. The van der Waals surface area contributed by atoms with Crippen molar-refractivity contribution in [2.24, 2.45) is 0 Å². The van der Waals surface area contributed by atoms with Gasteiger partial charge in [0.05, 0.1) is 11.8 Å². The smallest absolute Gasteiger partial charge is 0.266 e. The van der Waals surface area contributed by atoms with Gasteiger partial charge in [0.15, 0.2) is 5.65 Å². The number of benzene rings is 1. The van der Waals surface area contributed by atoms with E-state index in [4.69, 9.17) is 5.73 Å². The molecule has 0 fully saturated rings. The molecule has 0 saturated carbocycles. The van der Waals surface area contributed by atoms with E-state index in [1.807, 2.05) is 0 Å². The highest BCUT2D eigenvalue weighted by atomic mass is 16.2. The van der Waals surface area contributed by atoms with Gasteiger partial charge in [0.1, 0.15) is 18.2 Å². The van der Waals surface area contributed by atoms with Crippen molar-refractivity contribution in [1.82, 2.24) is 19.5 Å². The summed E-state index contributed by atoms with van der Waals surface area (Å²) in [6.45, 7) is 0. The lowest BCUT2D eigenvalue weighted by atomic mass is 10.1. The van der Waals surface area contributed by atoms with Gasteiger partial charge in [0.2, 0.25) is 0 Å². The minimum absolute atomic E-state index is 0.255. The topological polar surface area (TPSA) is 86.7 Å². The molecule has 0 aliphatic carbocycles. The van der Waals surface area contributed by atoms with Crippen molar-refractivity contribution in [3.63, 3.8) is 0 Å². The van der Waals surface area contributed by atoms with Crippen molar-refractivity contribution in [1.29, 1.82) is 0 Å². The van der Waals surface area contributed by atoms with E-state index in [9.17, 15) is 4.79 Å². The Kier molecular flexibility index (Phi) is 2.26. The molecule has 6 heteroatoms. The molecule has 0 unspecified atom stereocenters. The number of rotatable bonds is 1. The summed E-state index contributed by atoms with van der Waals surface area (Å²) >= 11 is 0. The maximum absolute atomic E-state index is 12.3. The van der Waals surface area contributed by atoms with Gasteiger partial charge in [-0.15, -0.1) is 0 Å². The van der Waals surface area contributed by atoms with E-state index < -0.39 is 0 Å². The van der Waals surface area contributed by atoms with E-state index in [1.165, 1.54) is 17.2 Å². The fourth-order valence-electron chi connectivity index (χ4n) is 1.74. The number of nitrogen functional groups attached to an aromatic ring is 1. The summed E-state index contributed by atoms with van der Waals surface area (Å²) in [5.74, 6) is -0.255. The molecular formula is C12H9N5O. The monoisotopic (exact) mass is 239 g/mol. The number of hydrogen-bond donors (Lipinski definition) is 1. The number of carbonyl (C=O) groups is 1. The van der Waals surface area contributed by atoms with Crippen LogP contribution in [0.4, 0.5) is 5.69 Å². The summed E-state index contributed by atoms with van der Waals surface area (Å²) in [7, 11) is 0. The van der Waals surface area contributed by atoms with Crippen molar-refractivity contribution in [3.05, 3.63) is 48.7 Å². The molecule has 0 radical (unpaired) electrons. The number of anilines is 1. The van der Waals surface area contributed by atoms with E-state index in [1.54, 1.807) is 30.5 Å². The van der Waals surface area contributed by atoms with Gasteiger partial charge >= 0.3 is 0 Å². The summed E-state index contributed by atoms with van der Waals surface area (Å²) in [6.07, 6.45) is 4.36. The lowest BCUT2D eigenvalue weighted by Crippen LogP contribution is -2.13. The van der Waals surface area contributed by atoms with Crippen molar-refractivity contribution >= 4 is 22.8 Å². The molecule has 3 aromatic rings. The zero-order valence-corrected chi connectivity index (χ0v) is 9.32. The fraction of sp³-hybridized carbons (Fsp3) is 0. The Morgan fingerprint density at radius 2 is 2.06 bits per heavy atom. The second-order valence-corrected chi connectivity index (χ2v) is 3.74. The molecule has 2 N–H and O–H groups in total. The van der Waals surface area contributed by atoms with Crippen LogP contribution in [-0.2, 0) is 0 Å². The van der Waals surface area contributed by atoms with Crippen LogP contribution in [0.25, 0.3) is 11.2 Å². The molecule has 0 saturated heterocycles. The molecule has 2 heterocycles. The van der Waals surface area contributed by atoms with E-state index in [0.717, 1.165) is 0 Å². The lowest BCUT2D eigenvalue weighted by Gasteiger charge is -2.04. The van der Waals surface area contributed by atoms with Gasteiger partial charge in [-0.2, -0.15) is 0 Å². The predicted molar refractivity (Wildman–Crippen MR) is 65.9 cm³/mol. The second-order valence-electron chi connectivity index (χ2n) is 3.74. The summed E-state index contributed by atoms with van der Waals surface area (Å²) in [4.78, 5) is 24.3. The van der Waals surface area contributed by atoms with Crippen LogP contribution in [0.2, 0.25) is 0 Å². The van der Waals surface area contributed by atoms with Crippen molar-refractivity contribution in [3.8, 4) is 0 Å². The third-order valence-corrected chi connectivity index (χ3v) is 2.62. The second kappa shape index (κ2) is 3.92. The maximum atomic E-state index is 12.3. The Morgan fingerprint density at radius 1 is 1.22 bits per heavy atom. The van der Waals surface area contributed by atoms with Crippen LogP contribution in [0.5, 0.6) is 0 Å². The molecule has 0 bridgehead atoms. The third-order valence-electron chi connectivity index (χ3n) is 2.62. The Morgan fingerprint density at radius 3 is 2.89 bits per heavy atom. The first kappa shape index (κ1) is 10.4. The van der Waals surface area contributed by atoms with Gasteiger partial charge in [-0.3, -0.25) is 4.79 Å². The molecule has 3 rings (SSSR count). The number of aromatic nitrogens is 4. The van der Waals surface area contributed by atoms with Crippen LogP contribution >= 0.6 is 0 Å². The van der Waals surface area contributed by atoms with Crippen LogP contribution in [0.1, 0.15) is 10.4 Å². The Hall–Kier alpha value is -2.76. The number of hydrogen-bond acceptors (Lipinski definition) is 5. The van der Waals surface area contributed by atoms with Crippen LogP contribution in [0.3, 0.4) is 0 Å². The van der Waals surface area contributed by atoms with Gasteiger partial charge in [-0.1, -0.05) is 12.1 Å². The third kappa shape index (κ3) is 1.51.